The van der Waals surface area contributed by atoms with Crippen molar-refractivity contribution in [1.82, 2.24) is 4.31 Å². The third kappa shape index (κ3) is 2.91. The van der Waals surface area contributed by atoms with Crippen LogP contribution in [0.1, 0.15) is 13.8 Å². The third-order valence-electron chi connectivity index (χ3n) is 3.00. The molecule has 0 amide bonds. The molecule has 0 saturated carbocycles. The van der Waals surface area contributed by atoms with Gasteiger partial charge in [-0.05, 0) is 12.1 Å². The van der Waals surface area contributed by atoms with Gasteiger partial charge in [0.2, 0.25) is 10.0 Å². The summed E-state index contributed by atoms with van der Waals surface area (Å²) < 4.78 is 53.6. The molecule has 0 spiro atoms. The van der Waals surface area contributed by atoms with Crippen molar-refractivity contribution < 1.29 is 17.2 Å². The standard InChI is InChI=1S/C12H16F2N2O2S2/c1-7-5-16(6-8(2)19-7)20(17,18)12-10(13)3-9(15)4-11(12)14/h3-4,7-8H,5-6,15H2,1-2H3. The van der Waals surface area contributed by atoms with Crippen LogP contribution in [0.3, 0.4) is 0 Å². The van der Waals surface area contributed by atoms with Gasteiger partial charge in [-0.3, -0.25) is 0 Å². The molecule has 2 unspecified atom stereocenters. The molecule has 2 N–H and O–H groups in total. The van der Waals surface area contributed by atoms with Crippen LogP contribution in [0.25, 0.3) is 0 Å². The number of sulfonamides is 1. The van der Waals surface area contributed by atoms with E-state index >= 15 is 0 Å². The van der Waals surface area contributed by atoms with Crippen molar-refractivity contribution >= 4 is 27.5 Å². The summed E-state index contributed by atoms with van der Waals surface area (Å²) in [5.41, 5.74) is 5.16. The van der Waals surface area contributed by atoms with E-state index in [2.05, 4.69) is 0 Å². The van der Waals surface area contributed by atoms with Crippen LogP contribution in [-0.4, -0.2) is 36.3 Å². The molecule has 1 saturated heterocycles. The molecule has 112 valence electrons. The highest BCUT2D eigenvalue weighted by atomic mass is 32.2. The van der Waals surface area contributed by atoms with Crippen LogP contribution in [0.4, 0.5) is 14.5 Å². The van der Waals surface area contributed by atoms with Crippen LogP contribution in [-0.2, 0) is 10.0 Å². The number of benzene rings is 1. The average Bonchev–Trinajstić information content (AvgIpc) is 2.25. The Balaban J connectivity index is 2.45. The number of thioether (sulfide) groups is 1. The van der Waals surface area contributed by atoms with Gasteiger partial charge in [0.05, 0.1) is 0 Å². The van der Waals surface area contributed by atoms with E-state index in [1.54, 1.807) is 11.8 Å². The third-order valence-corrected chi connectivity index (χ3v) is 6.12. The number of rotatable bonds is 2. The molecule has 1 aromatic carbocycles. The first-order valence-corrected chi connectivity index (χ1v) is 8.50. The monoisotopic (exact) mass is 322 g/mol. The summed E-state index contributed by atoms with van der Waals surface area (Å²) in [6.45, 7) is 4.25. The van der Waals surface area contributed by atoms with Gasteiger partial charge < -0.3 is 5.73 Å². The second-order valence-corrected chi connectivity index (χ2v) is 8.65. The minimum atomic E-state index is -4.19. The van der Waals surface area contributed by atoms with E-state index in [4.69, 9.17) is 5.73 Å². The van der Waals surface area contributed by atoms with Crippen molar-refractivity contribution in [2.24, 2.45) is 0 Å². The van der Waals surface area contributed by atoms with Crippen molar-refractivity contribution in [1.29, 1.82) is 0 Å². The molecule has 20 heavy (non-hydrogen) atoms. The highest BCUT2D eigenvalue weighted by Crippen LogP contribution is 2.31. The van der Waals surface area contributed by atoms with Gasteiger partial charge in [-0.2, -0.15) is 16.1 Å². The number of halogens is 2. The topological polar surface area (TPSA) is 63.4 Å². The summed E-state index contributed by atoms with van der Waals surface area (Å²) in [5, 5.41) is 0.154. The minimum Gasteiger partial charge on any atom is -0.399 e. The van der Waals surface area contributed by atoms with Gasteiger partial charge in [0.25, 0.3) is 0 Å². The molecule has 0 aromatic heterocycles. The summed E-state index contributed by atoms with van der Waals surface area (Å²) >= 11 is 1.65. The van der Waals surface area contributed by atoms with Crippen molar-refractivity contribution in [2.75, 3.05) is 18.8 Å². The Labute approximate surface area is 121 Å². The Morgan fingerprint density at radius 3 is 2.10 bits per heavy atom. The van der Waals surface area contributed by atoms with Crippen LogP contribution in [0, 0.1) is 11.6 Å². The molecular formula is C12H16F2N2O2S2. The normalized spacial score (nSPS) is 24.8. The fourth-order valence-corrected chi connectivity index (χ4v) is 5.50. The van der Waals surface area contributed by atoms with Crippen LogP contribution < -0.4 is 5.73 Å². The zero-order valence-electron chi connectivity index (χ0n) is 11.1. The Morgan fingerprint density at radius 2 is 1.65 bits per heavy atom. The molecule has 2 rings (SSSR count). The zero-order valence-corrected chi connectivity index (χ0v) is 12.8. The highest BCUT2D eigenvalue weighted by Gasteiger charge is 2.35. The highest BCUT2D eigenvalue weighted by molar-refractivity contribution is 8.00. The molecule has 1 aliphatic heterocycles. The Hall–Kier alpha value is -0.860. The van der Waals surface area contributed by atoms with Gasteiger partial charge in [0, 0.05) is 29.3 Å². The maximum Gasteiger partial charge on any atom is 0.249 e. The second kappa shape index (κ2) is 5.50. The summed E-state index contributed by atoms with van der Waals surface area (Å²) in [6.07, 6.45) is 0. The number of anilines is 1. The first-order valence-electron chi connectivity index (χ1n) is 6.12. The zero-order chi connectivity index (χ0) is 15.1. The Kier molecular flexibility index (Phi) is 4.27. The lowest BCUT2D eigenvalue weighted by Crippen LogP contribution is -2.44. The molecule has 1 fully saturated rings. The van der Waals surface area contributed by atoms with Crippen molar-refractivity contribution in [3.8, 4) is 0 Å². The van der Waals surface area contributed by atoms with Gasteiger partial charge in [-0.1, -0.05) is 13.8 Å². The predicted molar refractivity (Wildman–Crippen MR) is 76.0 cm³/mol. The molecule has 4 nitrogen and oxygen atoms in total. The second-order valence-electron chi connectivity index (χ2n) is 4.89. The van der Waals surface area contributed by atoms with Crippen LogP contribution in [0.5, 0.6) is 0 Å². The molecule has 0 aliphatic carbocycles. The van der Waals surface area contributed by atoms with Crippen molar-refractivity contribution in [3.63, 3.8) is 0 Å². The van der Waals surface area contributed by atoms with Crippen molar-refractivity contribution in [2.45, 2.75) is 29.2 Å². The largest absolute Gasteiger partial charge is 0.399 e. The SMILES string of the molecule is CC1CN(S(=O)(=O)c2c(F)cc(N)cc2F)CC(C)S1. The fraction of sp³-hybridized carbons (Fsp3) is 0.500. The summed E-state index contributed by atoms with van der Waals surface area (Å²) in [5.74, 6) is -2.30. The molecule has 8 heteroatoms. The average molecular weight is 322 g/mol. The molecule has 0 radical (unpaired) electrons. The number of nitrogens with zero attached hydrogens (tertiary/aromatic N) is 1. The smallest absolute Gasteiger partial charge is 0.249 e. The van der Waals surface area contributed by atoms with Gasteiger partial charge >= 0.3 is 0 Å². The lowest BCUT2D eigenvalue weighted by atomic mass is 10.3. The predicted octanol–water partition coefficient (Wildman–Crippen LogP) is 2.06. The van der Waals surface area contributed by atoms with E-state index in [1.165, 1.54) is 0 Å². The molecular weight excluding hydrogens is 306 g/mol. The van der Waals surface area contributed by atoms with Crippen LogP contribution >= 0.6 is 11.8 Å². The quantitative estimate of drug-likeness (QED) is 0.847. The van der Waals surface area contributed by atoms with E-state index in [9.17, 15) is 17.2 Å². The fourth-order valence-electron chi connectivity index (χ4n) is 2.28. The van der Waals surface area contributed by atoms with Crippen LogP contribution in [0.15, 0.2) is 17.0 Å². The van der Waals surface area contributed by atoms with E-state index in [0.29, 0.717) is 0 Å². The Bertz CT molecular complexity index is 589. The summed E-state index contributed by atoms with van der Waals surface area (Å²) in [4.78, 5) is -0.919. The Morgan fingerprint density at radius 1 is 1.20 bits per heavy atom. The number of hydrogen-bond donors (Lipinski definition) is 1. The summed E-state index contributed by atoms with van der Waals surface area (Å²) in [6, 6.07) is 1.64. The van der Waals surface area contributed by atoms with Gasteiger partial charge in [-0.15, -0.1) is 0 Å². The van der Waals surface area contributed by atoms with E-state index in [-0.39, 0.29) is 29.3 Å². The molecule has 1 heterocycles. The van der Waals surface area contributed by atoms with Crippen LogP contribution in [0.2, 0.25) is 0 Å². The summed E-state index contributed by atoms with van der Waals surface area (Å²) in [7, 11) is -4.19. The lowest BCUT2D eigenvalue weighted by Gasteiger charge is -2.33. The van der Waals surface area contributed by atoms with Gasteiger partial charge in [0.1, 0.15) is 11.6 Å². The molecule has 1 aliphatic rings. The lowest BCUT2D eigenvalue weighted by molar-refractivity contribution is 0.396. The molecule has 0 bridgehead atoms. The maximum absolute atomic E-state index is 13.8. The first-order chi connectivity index (χ1) is 9.21. The van der Waals surface area contributed by atoms with Crippen molar-refractivity contribution in [3.05, 3.63) is 23.8 Å². The van der Waals surface area contributed by atoms with E-state index in [1.807, 2.05) is 13.8 Å². The van der Waals surface area contributed by atoms with E-state index in [0.717, 1.165) is 16.4 Å². The number of nitrogen functional groups attached to an aromatic ring is 1. The van der Waals surface area contributed by atoms with Gasteiger partial charge in [0.15, 0.2) is 4.90 Å². The maximum atomic E-state index is 13.8. The molecule has 2 atom stereocenters. The number of hydrogen-bond acceptors (Lipinski definition) is 4. The molecule has 1 aromatic rings. The first kappa shape index (κ1) is 15.5. The van der Waals surface area contributed by atoms with E-state index < -0.39 is 26.6 Å². The number of nitrogens with two attached hydrogens (primary N) is 1. The minimum absolute atomic E-state index is 0.0772. The van der Waals surface area contributed by atoms with Gasteiger partial charge in [-0.25, -0.2) is 17.2 Å².